The Bertz CT molecular complexity index is 658. The lowest BCUT2D eigenvalue weighted by Crippen LogP contribution is -2.28. The second-order valence-corrected chi connectivity index (χ2v) is 5.16. The lowest BCUT2D eigenvalue weighted by Gasteiger charge is -2.14. The average molecular weight is 306 g/mol. The lowest BCUT2D eigenvalue weighted by molar-refractivity contribution is 0.0916. The number of aromatic hydroxyl groups is 1. The van der Waals surface area contributed by atoms with Gasteiger partial charge in [0.25, 0.3) is 5.91 Å². The second-order valence-electron chi connectivity index (χ2n) is 4.75. The van der Waals surface area contributed by atoms with Gasteiger partial charge in [0.15, 0.2) is 0 Å². The Morgan fingerprint density at radius 3 is 2.67 bits per heavy atom. The van der Waals surface area contributed by atoms with Crippen molar-refractivity contribution in [1.29, 1.82) is 0 Å². The summed E-state index contributed by atoms with van der Waals surface area (Å²) in [6.45, 7) is 2.00. The summed E-state index contributed by atoms with van der Waals surface area (Å²) < 4.78 is 0. The molecule has 0 aliphatic carbocycles. The predicted octanol–water partition coefficient (Wildman–Crippen LogP) is 2.82. The number of amides is 1. The molecular formula is C16H16ClNO3. The van der Waals surface area contributed by atoms with Crippen LogP contribution in [-0.2, 0) is 0 Å². The Hall–Kier alpha value is -2.04. The highest BCUT2D eigenvalue weighted by molar-refractivity contribution is 6.32. The molecule has 110 valence electrons. The van der Waals surface area contributed by atoms with E-state index in [2.05, 4.69) is 5.32 Å². The molecule has 4 nitrogen and oxygen atoms in total. The molecule has 0 aliphatic heterocycles. The van der Waals surface area contributed by atoms with E-state index >= 15 is 0 Å². The molecule has 21 heavy (non-hydrogen) atoms. The molecule has 2 aromatic rings. The van der Waals surface area contributed by atoms with Crippen LogP contribution in [0.3, 0.4) is 0 Å². The van der Waals surface area contributed by atoms with Crippen molar-refractivity contribution in [3.8, 4) is 5.75 Å². The van der Waals surface area contributed by atoms with Crippen molar-refractivity contribution in [2.24, 2.45) is 0 Å². The maximum absolute atomic E-state index is 12.0. The number of aryl methyl sites for hydroxylation is 1. The standard InChI is InChI=1S/C16H16ClNO3/c1-10-4-2-3-5-12(10)15(20)9-18-16(21)11-6-7-14(19)13(17)8-11/h2-8,15,19-20H,9H2,1H3,(H,18,21). The maximum atomic E-state index is 12.0. The number of phenols is 1. The molecule has 0 aromatic heterocycles. The van der Waals surface area contributed by atoms with Crippen LogP contribution in [0.25, 0.3) is 0 Å². The molecule has 3 N–H and O–H groups in total. The summed E-state index contributed by atoms with van der Waals surface area (Å²) in [5, 5.41) is 22.2. The summed E-state index contributed by atoms with van der Waals surface area (Å²) in [7, 11) is 0. The minimum absolute atomic E-state index is 0.0758. The number of aliphatic hydroxyl groups excluding tert-OH is 1. The van der Waals surface area contributed by atoms with Gasteiger partial charge in [0.1, 0.15) is 5.75 Å². The van der Waals surface area contributed by atoms with Crippen LogP contribution in [0.15, 0.2) is 42.5 Å². The summed E-state index contributed by atoms with van der Waals surface area (Å²) in [5.74, 6) is -0.433. The average Bonchev–Trinajstić information content (AvgIpc) is 2.47. The number of benzene rings is 2. The Kier molecular flexibility index (Phi) is 4.83. The largest absolute Gasteiger partial charge is 0.506 e. The van der Waals surface area contributed by atoms with Gasteiger partial charge in [0, 0.05) is 12.1 Å². The Labute approximate surface area is 128 Å². The number of aliphatic hydroxyl groups is 1. The lowest BCUT2D eigenvalue weighted by atomic mass is 10.0. The first kappa shape index (κ1) is 15.4. The van der Waals surface area contributed by atoms with Crippen molar-refractivity contribution in [3.63, 3.8) is 0 Å². The molecule has 0 saturated carbocycles. The number of hydrogen-bond acceptors (Lipinski definition) is 3. The molecule has 0 spiro atoms. The van der Waals surface area contributed by atoms with E-state index < -0.39 is 6.10 Å². The molecule has 0 saturated heterocycles. The molecule has 5 heteroatoms. The van der Waals surface area contributed by atoms with E-state index in [9.17, 15) is 15.0 Å². The molecular weight excluding hydrogens is 290 g/mol. The Balaban J connectivity index is 2.01. The van der Waals surface area contributed by atoms with E-state index in [1.165, 1.54) is 18.2 Å². The molecule has 1 amide bonds. The minimum atomic E-state index is -0.775. The summed E-state index contributed by atoms with van der Waals surface area (Å²) >= 11 is 5.76. The number of halogens is 1. The first-order valence-corrected chi connectivity index (χ1v) is 6.87. The zero-order valence-electron chi connectivity index (χ0n) is 11.5. The fraction of sp³-hybridized carbons (Fsp3) is 0.188. The highest BCUT2D eigenvalue weighted by Gasteiger charge is 2.13. The SMILES string of the molecule is Cc1ccccc1C(O)CNC(=O)c1ccc(O)c(Cl)c1. The van der Waals surface area contributed by atoms with E-state index in [1.807, 2.05) is 31.2 Å². The molecule has 0 radical (unpaired) electrons. The third-order valence-electron chi connectivity index (χ3n) is 3.21. The quantitative estimate of drug-likeness (QED) is 0.813. The predicted molar refractivity (Wildman–Crippen MR) is 81.6 cm³/mol. The van der Waals surface area contributed by atoms with Crippen LogP contribution in [0.1, 0.15) is 27.6 Å². The van der Waals surface area contributed by atoms with Crippen LogP contribution in [0.5, 0.6) is 5.75 Å². The highest BCUT2D eigenvalue weighted by atomic mass is 35.5. The molecule has 0 fully saturated rings. The molecule has 0 bridgehead atoms. The maximum Gasteiger partial charge on any atom is 0.251 e. The molecule has 0 heterocycles. The van der Waals surface area contributed by atoms with E-state index in [4.69, 9.17) is 11.6 Å². The van der Waals surface area contributed by atoms with Gasteiger partial charge in [0.2, 0.25) is 0 Å². The van der Waals surface area contributed by atoms with Crippen molar-refractivity contribution in [1.82, 2.24) is 5.32 Å². The Morgan fingerprint density at radius 2 is 2.00 bits per heavy atom. The third kappa shape index (κ3) is 3.74. The van der Waals surface area contributed by atoms with Gasteiger partial charge in [-0.2, -0.15) is 0 Å². The van der Waals surface area contributed by atoms with Gasteiger partial charge in [-0.05, 0) is 36.2 Å². The van der Waals surface area contributed by atoms with Crippen molar-refractivity contribution in [3.05, 3.63) is 64.2 Å². The Morgan fingerprint density at radius 1 is 1.29 bits per heavy atom. The molecule has 1 atom stereocenters. The fourth-order valence-electron chi connectivity index (χ4n) is 2.01. The molecule has 2 aromatic carbocycles. The number of hydrogen-bond donors (Lipinski definition) is 3. The van der Waals surface area contributed by atoms with Gasteiger partial charge in [-0.25, -0.2) is 0 Å². The van der Waals surface area contributed by atoms with Crippen molar-refractivity contribution in [2.75, 3.05) is 6.54 Å². The zero-order chi connectivity index (χ0) is 15.4. The monoisotopic (exact) mass is 305 g/mol. The van der Waals surface area contributed by atoms with Crippen LogP contribution >= 0.6 is 11.6 Å². The van der Waals surface area contributed by atoms with Crippen molar-refractivity contribution < 1.29 is 15.0 Å². The van der Waals surface area contributed by atoms with Crippen LogP contribution in [0, 0.1) is 6.92 Å². The number of nitrogens with one attached hydrogen (secondary N) is 1. The van der Waals surface area contributed by atoms with Crippen LogP contribution < -0.4 is 5.32 Å². The zero-order valence-corrected chi connectivity index (χ0v) is 12.3. The van der Waals surface area contributed by atoms with E-state index in [1.54, 1.807) is 0 Å². The fourth-order valence-corrected chi connectivity index (χ4v) is 2.19. The van der Waals surface area contributed by atoms with Gasteiger partial charge in [0.05, 0.1) is 11.1 Å². The summed E-state index contributed by atoms with van der Waals surface area (Å²) in [6.07, 6.45) is -0.775. The highest BCUT2D eigenvalue weighted by Crippen LogP contribution is 2.23. The molecule has 1 unspecified atom stereocenters. The summed E-state index contributed by atoms with van der Waals surface area (Å²) in [6, 6.07) is 11.7. The van der Waals surface area contributed by atoms with Gasteiger partial charge < -0.3 is 15.5 Å². The third-order valence-corrected chi connectivity index (χ3v) is 3.52. The number of phenolic OH excluding ortho intramolecular Hbond substituents is 1. The van der Waals surface area contributed by atoms with Crippen LogP contribution in [0.2, 0.25) is 5.02 Å². The van der Waals surface area contributed by atoms with Gasteiger partial charge in [-0.1, -0.05) is 35.9 Å². The van der Waals surface area contributed by atoms with Gasteiger partial charge in [-0.15, -0.1) is 0 Å². The van der Waals surface area contributed by atoms with Gasteiger partial charge in [-0.3, -0.25) is 4.79 Å². The van der Waals surface area contributed by atoms with E-state index in [0.29, 0.717) is 5.56 Å². The van der Waals surface area contributed by atoms with Crippen LogP contribution in [-0.4, -0.2) is 22.7 Å². The number of carbonyl (C=O) groups is 1. The van der Waals surface area contributed by atoms with E-state index in [-0.39, 0.29) is 23.2 Å². The minimum Gasteiger partial charge on any atom is -0.506 e. The normalized spacial score (nSPS) is 12.0. The van der Waals surface area contributed by atoms with E-state index in [0.717, 1.165) is 11.1 Å². The summed E-state index contributed by atoms with van der Waals surface area (Å²) in [5.41, 5.74) is 2.07. The number of rotatable bonds is 4. The first-order chi connectivity index (χ1) is 9.99. The first-order valence-electron chi connectivity index (χ1n) is 6.49. The topological polar surface area (TPSA) is 69.6 Å². The van der Waals surface area contributed by atoms with Crippen LogP contribution in [0.4, 0.5) is 0 Å². The second kappa shape index (κ2) is 6.61. The van der Waals surface area contributed by atoms with Crippen molar-refractivity contribution >= 4 is 17.5 Å². The summed E-state index contributed by atoms with van der Waals surface area (Å²) in [4.78, 5) is 12.0. The molecule has 0 aliphatic rings. The molecule has 2 rings (SSSR count). The van der Waals surface area contributed by atoms with Gasteiger partial charge >= 0.3 is 0 Å². The van der Waals surface area contributed by atoms with Crippen molar-refractivity contribution in [2.45, 2.75) is 13.0 Å². The number of carbonyl (C=O) groups excluding carboxylic acids is 1. The smallest absolute Gasteiger partial charge is 0.251 e.